The Morgan fingerprint density at radius 2 is 2.27 bits per heavy atom. The van der Waals surface area contributed by atoms with Crippen molar-refractivity contribution in [2.45, 2.75) is 6.92 Å². The number of hydrogen-bond acceptors (Lipinski definition) is 6. The van der Waals surface area contributed by atoms with Gasteiger partial charge in [-0.3, -0.25) is 10.2 Å². The van der Waals surface area contributed by atoms with Gasteiger partial charge in [-0.25, -0.2) is 10.4 Å². The van der Waals surface area contributed by atoms with Gasteiger partial charge in [-0.15, -0.1) is 5.10 Å². The highest BCUT2D eigenvalue weighted by Crippen LogP contribution is 2.15. The number of anilines is 1. The Morgan fingerprint density at radius 3 is 2.93 bits per heavy atom. The van der Waals surface area contributed by atoms with Crippen LogP contribution in [0.2, 0.25) is 0 Å². The van der Waals surface area contributed by atoms with Crippen LogP contribution in [0.4, 0.5) is 9.52 Å². The smallest absolute Gasteiger partial charge is 0.296 e. The van der Waals surface area contributed by atoms with Gasteiger partial charge in [0.25, 0.3) is 0 Å². The van der Waals surface area contributed by atoms with Gasteiger partial charge in [0.1, 0.15) is 0 Å². The van der Waals surface area contributed by atoms with Crippen molar-refractivity contribution >= 4 is 21.4 Å². The van der Waals surface area contributed by atoms with E-state index in [-0.39, 0.29) is 5.69 Å². The van der Waals surface area contributed by atoms with Crippen molar-refractivity contribution in [2.75, 3.05) is 12.5 Å². The molecule has 15 heavy (non-hydrogen) atoms. The number of aromatic nitrogens is 3. The van der Waals surface area contributed by atoms with Gasteiger partial charge in [0, 0.05) is 7.05 Å². The second-order valence-electron chi connectivity index (χ2n) is 2.79. The largest absolute Gasteiger partial charge is 0.311 e. The topological polar surface area (TPSA) is 71.3 Å². The number of nitrogens with one attached hydrogen (secondary N) is 2. The fourth-order valence-electron chi connectivity index (χ4n) is 1.08. The summed E-state index contributed by atoms with van der Waals surface area (Å²) >= 11 is 1.16. The molecule has 2 N–H and O–H groups in total. The van der Waals surface area contributed by atoms with Crippen LogP contribution in [0.3, 0.4) is 0 Å². The van der Waals surface area contributed by atoms with Crippen molar-refractivity contribution in [1.82, 2.24) is 20.0 Å². The molecular formula is C7H8FN5OS. The molecule has 0 aromatic carbocycles. The minimum absolute atomic E-state index is 0.0830. The first kappa shape index (κ1) is 9.99. The van der Waals surface area contributed by atoms with Gasteiger partial charge in [-0.1, -0.05) is 11.3 Å². The molecule has 2 aromatic heterocycles. The average Bonchev–Trinajstić information content (AvgIpc) is 2.58. The quantitative estimate of drug-likeness (QED) is 0.717. The van der Waals surface area contributed by atoms with Gasteiger partial charge >= 0.3 is 5.56 Å². The van der Waals surface area contributed by atoms with E-state index >= 15 is 0 Å². The van der Waals surface area contributed by atoms with E-state index in [4.69, 9.17) is 0 Å². The van der Waals surface area contributed by atoms with Crippen molar-refractivity contribution < 1.29 is 4.39 Å². The normalized spacial score (nSPS) is 10.9. The molecule has 0 aliphatic carbocycles. The molecule has 2 rings (SSSR count). The summed E-state index contributed by atoms with van der Waals surface area (Å²) in [4.78, 5) is 15.7. The third kappa shape index (κ3) is 1.57. The van der Waals surface area contributed by atoms with Crippen LogP contribution in [0.25, 0.3) is 4.96 Å². The molecule has 0 saturated heterocycles. The van der Waals surface area contributed by atoms with Gasteiger partial charge in [0.2, 0.25) is 15.9 Å². The van der Waals surface area contributed by atoms with E-state index in [9.17, 15) is 9.18 Å². The zero-order valence-electron chi connectivity index (χ0n) is 8.04. The Labute approximate surface area is 87.7 Å². The predicted molar refractivity (Wildman–Crippen MR) is 54.5 cm³/mol. The second kappa shape index (κ2) is 3.55. The first-order valence-electron chi connectivity index (χ1n) is 4.12. The van der Waals surface area contributed by atoms with Gasteiger partial charge in [0.05, 0.1) is 5.69 Å². The standard InChI is InChI=1S/C7H8FN5OS/c1-3-4(8)5(14)13-7(10-3)15-6(12-13)11-9-2/h9H,1-2H3,(H,11,12). The Hall–Kier alpha value is -1.54. The molecule has 0 fully saturated rings. The summed E-state index contributed by atoms with van der Waals surface area (Å²) < 4.78 is 14.1. The zero-order chi connectivity index (χ0) is 11.0. The van der Waals surface area contributed by atoms with Crippen LogP contribution in [0.5, 0.6) is 0 Å². The first-order valence-corrected chi connectivity index (χ1v) is 4.94. The van der Waals surface area contributed by atoms with E-state index in [1.54, 1.807) is 7.05 Å². The van der Waals surface area contributed by atoms with Gasteiger partial charge in [-0.2, -0.15) is 8.91 Å². The molecule has 0 aliphatic heterocycles. The Morgan fingerprint density at radius 1 is 1.53 bits per heavy atom. The van der Waals surface area contributed by atoms with Crippen molar-refractivity contribution in [2.24, 2.45) is 0 Å². The molecule has 0 bridgehead atoms. The third-order valence-electron chi connectivity index (χ3n) is 1.75. The molecule has 8 heteroatoms. The van der Waals surface area contributed by atoms with Crippen LogP contribution in [0.1, 0.15) is 5.69 Å². The molecule has 0 aliphatic rings. The average molecular weight is 229 g/mol. The van der Waals surface area contributed by atoms with E-state index in [0.717, 1.165) is 15.9 Å². The maximum Gasteiger partial charge on any atom is 0.311 e. The maximum atomic E-state index is 13.2. The van der Waals surface area contributed by atoms with Crippen LogP contribution in [-0.2, 0) is 0 Å². The number of hydrogen-bond donors (Lipinski definition) is 2. The molecule has 80 valence electrons. The number of fused-ring (bicyclic) bond motifs is 1. The van der Waals surface area contributed by atoms with Crippen LogP contribution in [0, 0.1) is 12.7 Å². The lowest BCUT2D eigenvalue weighted by molar-refractivity contribution is 0.580. The van der Waals surface area contributed by atoms with E-state index in [0.29, 0.717) is 10.1 Å². The number of nitrogens with zero attached hydrogens (tertiary/aromatic N) is 3. The van der Waals surface area contributed by atoms with E-state index in [1.807, 2.05) is 0 Å². The van der Waals surface area contributed by atoms with Gasteiger partial charge in [-0.05, 0) is 6.92 Å². The molecule has 0 unspecified atom stereocenters. The predicted octanol–water partition coefficient (Wildman–Crippen LogP) is 0.145. The highest BCUT2D eigenvalue weighted by atomic mass is 32.1. The highest BCUT2D eigenvalue weighted by molar-refractivity contribution is 7.20. The lowest BCUT2D eigenvalue weighted by Gasteiger charge is -1.94. The summed E-state index contributed by atoms with van der Waals surface area (Å²) in [6.45, 7) is 1.45. The Bertz CT molecular complexity index is 562. The van der Waals surface area contributed by atoms with Gasteiger partial charge < -0.3 is 0 Å². The van der Waals surface area contributed by atoms with Crippen LogP contribution in [0.15, 0.2) is 4.79 Å². The zero-order valence-corrected chi connectivity index (χ0v) is 8.85. The first-order chi connectivity index (χ1) is 7.13. The highest BCUT2D eigenvalue weighted by Gasteiger charge is 2.12. The Balaban J connectivity index is 2.71. The van der Waals surface area contributed by atoms with Gasteiger partial charge in [0.15, 0.2) is 0 Å². The number of aryl methyl sites for hydroxylation is 1. The van der Waals surface area contributed by atoms with Crippen molar-refractivity contribution in [3.8, 4) is 0 Å². The summed E-state index contributed by atoms with van der Waals surface area (Å²) in [5.41, 5.74) is 4.66. The molecule has 0 spiro atoms. The summed E-state index contributed by atoms with van der Waals surface area (Å²) in [6.07, 6.45) is 0. The van der Waals surface area contributed by atoms with Crippen molar-refractivity contribution in [3.63, 3.8) is 0 Å². The second-order valence-corrected chi connectivity index (χ2v) is 3.75. The molecule has 0 saturated carbocycles. The summed E-state index contributed by atoms with van der Waals surface area (Å²) in [5, 5.41) is 4.30. The molecule has 0 atom stereocenters. The Kier molecular flexibility index (Phi) is 2.37. The van der Waals surface area contributed by atoms with Crippen LogP contribution >= 0.6 is 11.3 Å². The number of rotatable bonds is 2. The van der Waals surface area contributed by atoms with Crippen LogP contribution in [-0.4, -0.2) is 21.6 Å². The lowest BCUT2D eigenvalue weighted by atomic mass is 10.4. The molecule has 2 aromatic rings. The molecule has 0 amide bonds. The SMILES string of the molecule is CNNc1nn2c(=O)c(F)c(C)nc2s1. The monoisotopic (exact) mass is 229 g/mol. The number of halogens is 1. The van der Waals surface area contributed by atoms with Crippen LogP contribution < -0.4 is 16.4 Å². The number of hydrazine groups is 1. The summed E-state index contributed by atoms with van der Waals surface area (Å²) in [5.74, 6) is -0.867. The van der Waals surface area contributed by atoms with E-state index < -0.39 is 11.4 Å². The third-order valence-corrected chi connectivity index (χ3v) is 2.58. The van der Waals surface area contributed by atoms with Crippen molar-refractivity contribution in [1.29, 1.82) is 0 Å². The van der Waals surface area contributed by atoms with E-state index in [2.05, 4.69) is 20.9 Å². The minimum Gasteiger partial charge on any atom is -0.296 e. The molecule has 0 radical (unpaired) electrons. The van der Waals surface area contributed by atoms with E-state index in [1.165, 1.54) is 6.92 Å². The van der Waals surface area contributed by atoms with Crippen molar-refractivity contribution in [3.05, 3.63) is 21.9 Å². The maximum absolute atomic E-state index is 13.2. The molecular weight excluding hydrogens is 221 g/mol. The molecule has 2 heterocycles. The fourth-order valence-corrected chi connectivity index (χ4v) is 1.93. The fraction of sp³-hybridized carbons (Fsp3) is 0.286. The lowest BCUT2D eigenvalue weighted by Crippen LogP contribution is -2.21. The minimum atomic E-state index is -0.867. The summed E-state index contributed by atoms with van der Waals surface area (Å²) in [6, 6.07) is 0. The summed E-state index contributed by atoms with van der Waals surface area (Å²) in [7, 11) is 1.66. The molecule has 6 nitrogen and oxygen atoms in total.